The van der Waals surface area contributed by atoms with Crippen LogP contribution in [0.4, 0.5) is 13.2 Å². The number of rotatable bonds is 9. The predicted octanol–water partition coefficient (Wildman–Crippen LogP) is 2.02. The number of carbonyl (C=O) groups is 1. The molecule has 2 atom stereocenters. The van der Waals surface area contributed by atoms with E-state index in [0.717, 1.165) is 62.8 Å². The molecule has 0 saturated carbocycles. The lowest BCUT2D eigenvalue weighted by Crippen LogP contribution is -2.60. The molecule has 2 saturated heterocycles. The highest BCUT2D eigenvalue weighted by Crippen LogP contribution is 2.25. The highest BCUT2D eigenvalue weighted by Gasteiger charge is 2.32. The number of ether oxygens (including phenoxy) is 1. The maximum Gasteiger partial charge on any atom is 0.315 e. The quantitative estimate of drug-likeness (QED) is 0.574. The van der Waals surface area contributed by atoms with Gasteiger partial charge in [-0.1, -0.05) is 30.3 Å². The van der Waals surface area contributed by atoms with Gasteiger partial charge in [-0.05, 0) is 17.2 Å². The lowest BCUT2D eigenvalue weighted by Gasteiger charge is -2.46. The third kappa shape index (κ3) is 5.93. The first kappa shape index (κ1) is 24.6. The maximum atomic E-state index is 13.2. The number of benzene rings is 1. The number of aromatic nitrogens is 1. The largest absolute Gasteiger partial charge is 0.386 e. The summed E-state index contributed by atoms with van der Waals surface area (Å²) in [6.07, 6.45) is -2.93. The summed E-state index contributed by atoms with van der Waals surface area (Å²) in [7, 11) is 0. The highest BCUT2D eigenvalue weighted by atomic mass is 19.3. The number of morpholine rings is 1. The third-order valence-corrected chi connectivity index (χ3v) is 6.37. The van der Waals surface area contributed by atoms with Gasteiger partial charge in [0.25, 0.3) is 5.91 Å². The summed E-state index contributed by atoms with van der Waals surface area (Å²) < 4.78 is 43.4. The summed E-state index contributed by atoms with van der Waals surface area (Å²) in [5.41, 5.74) is 3.03. The van der Waals surface area contributed by atoms with Crippen molar-refractivity contribution in [2.24, 2.45) is 0 Å². The number of nitrogens with zero attached hydrogens (tertiary/aromatic N) is 3. The monoisotopic (exact) mass is 478 g/mol. The van der Waals surface area contributed by atoms with Crippen molar-refractivity contribution in [2.75, 3.05) is 46.1 Å². The van der Waals surface area contributed by atoms with Crippen molar-refractivity contribution in [3.05, 3.63) is 53.9 Å². The molecule has 34 heavy (non-hydrogen) atoms. The van der Waals surface area contributed by atoms with E-state index in [9.17, 15) is 23.1 Å². The van der Waals surface area contributed by atoms with Crippen molar-refractivity contribution in [2.45, 2.75) is 31.2 Å². The van der Waals surface area contributed by atoms with Crippen LogP contribution < -0.4 is 5.32 Å². The van der Waals surface area contributed by atoms with E-state index in [1.165, 1.54) is 0 Å². The number of hydrogen-bond acceptors (Lipinski definition) is 6. The number of aliphatic hydroxyl groups is 1. The molecule has 0 bridgehead atoms. The van der Waals surface area contributed by atoms with E-state index >= 15 is 0 Å². The van der Waals surface area contributed by atoms with Crippen LogP contribution in [0.3, 0.4) is 0 Å². The van der Waals surface area contributed by atoms with E-state index in [1.807, 2.05) is 17.4 Å². The molecule has 3 heterocycles. The van der Waals surface area contributed by atoms with E-state index in [0.29, 0.717) is 11.6 Å². The minimum Gasteiger partial charge on any atom is -0.386 e. The minimum atomic E-state index is -3.27. The first-order chi connectivity index (χ1) is 16.4. The maximum absolute atomic E-state index is 13.2. The van der Waals surface area contributed by atoms with E-state index in [-0.39, 0.29) is 0 Å². The molecule has 0 spiro atoms. The predicted molar refractivity (Wildman–Crippen MR) is 120 cm³/mol. The zero-order valence-corrected chi connectivity index (χ0v) is 18.7. The summed E-state index contributed by atoms with van der Waals surface area (Å²) in [5, 5.41) is 12.1. The SMILES string of the molecule is O=C(NC(CF)C(O)c1ccc(-c2ccc(CN3CC(N4CCOCC4)C3)nc2)cc1)C(F)F. The molecule has 2 unspecified atom stereocenters. The molecular weight excluding hydrogens is 449 g/mol. The molecule has 2 aromatic rings. The Morgan fingerprint density at radius 2 is 1.79 bits per heavy atom. The Morgan fingerprint density at radius 1 is 1.12 bits per heavy atom. The average molecular weight is 479 g/mol. The minimum absolute atomic E-state index is 0.318. The van der Waals surface area contributed by atoms with Gasteiger partial charge in [-0.25, -0.2) is 4.39 Å². The molecule has 10 heteroatoms. The van der Waals surface area contributed by atoms with E-state index in [2.05, 4.69) is 14.8 Å². The van der Waals surface area contributed by atoms with E-state index < -0.39 is 31.2 Å². The van der Waals surface area contributed by atoms with Gasteiger partial charge in [0.05, 0.1) is 24.9 Å². The number of halogens is 3. The number of nitrogens with one attached hydrogen (secondary N) is 1. The Kier molecular flexibility index (Phi) is 8.15. The summed E-state index contributed by atoms with van der Waals surface area (Å²) in [4.78, 5) is 20.6. The third-order valence-electron chi connectivity index (χ3n) is 6.37. The van der Waals surface area contributed by atoms with Crippen LogP contribution in [0, 0.1) is 0 Å². The number of alkyl halides is 3. The van der Waals surface area contributed by atoms with Gasteiger partial charge < -0.3 is 15.2 Å². The Balaban J connectivity index is 1.30. The molecule has 1 aromatic heterocycles. The molecule has 7 nitrogen and oxygen atoms in total. The molecular formula is C24H29F3N4O3. The van der Waals surface area contributed by atoms with Gasteiger partial charge in [-0.3, -0.25) is 19.6 Å². The molecule has 2 N–H and O–H groups in total. The summed E-state index contributed by atoms with van der Waals surface area (Å²) in [6.45, 7) is 5.31. The highest BCUT2D eigenvalue weighted by molar-refractivity contribution is 5.79. The second kappa shape index (κ2) is 11.3. The Labute approximate surface area is 196 Å². The molecule has 2 aliphatic heterocycles. The van der Waals surface area contributed by atoms with Crippen molar-refractivity contribution in [1.29, 1.82) is 0 Å². The fourth-order valence-electron chi connectivity index (χ4n) is 4.32. The van der Waals surface area contributed by atoms with Crippen molar-refractivity contribution >= 4 is 5.91 Å². The van der Waals surface area contributed by atoms with Gasteiger partial charge in [-0.15, -0.1) is 0 Å². The fraction of sp³-hybridized carbons (Fsp3) is 0.500. The van der Waals surface area contributed by atoms with Crippen LogP contribution in [0.5, 0.6) is 0 Å². The molecule has 2 fully saturated rings. The lowest BCUT2D eigenvalue weighted by atomic mass is 9.99. The van der Waals surface area contributed by atoms with Crippen LogP contribution >= 0.6 is 0 Å². The normalized spacial score (nSPS) is 19.6. The van der Waals surface area contributed by atoms with Crippen molar-refractivity contribution in [1.82, 2.24) is 20.1 Å². The fourth-order valence-corrected chi connectivity index (χ4v) is 4.32. The number of hydrogen-bond donors (Lipinski definition) is 2. The van der Waals surface area contributed by atoms with Crippen LogP contribution in [0.15, 0.2) is 42.6 Å². The Bertz CT molecular complexity index is 933. The molecule has 1 aromatic carbocycles. The van der Waals surface area contributed by atoms with Crippen molar-refractivity contribution in [3.63, 3.8) is 0 Å². The molecule has 2 aliphatic rings. The zero-order chi connectivity index (χ0) is 24.1. The first-order valence-electron chi connectivity index (χ1n) is 11.4. The molecule has 0 radical (unpaired) electrons. The number of amides is 1. The summed E-state index contributed by atoms with van der Waals surface area (Å²) >= 11 is 0. The Morgan fingerprint density at radius 3 is 2.38 bits per heavy atom. The van der Waals surface area contributed by atoms with Gasteiger partial charge >= 0.3 is 6.43 Å². The first-order valence-corrected chi connectivity index (χ1v) is 11.4. The topological polar surface area (TPSA) is 77.9 Å². The smallest absolute Gasteiger partial charge is 0.315 e. The van der Waals surface area contributed by atoms with Crippen molar-refractivity contribution in [3.8, 4) is 11.1 Å². The molecule has 184 valence electrons. The molecule has 1 amide bonds. The van der Waals surface area contributed by atoms with Gasteiger partial charge in [-0.2, -0.15) is 8.78 Å². The summed E-state index contributed by atoms with van der Waals surface area (Å²) in [5.74, 6) is -1.61. The Hall–Kier alpha value is -2.53. The second-order valence-corrected chi connectivity index (χ2v) is 8.67. The lowest BCUT2D eigenvalue weighted by molar-refractivity contribution is -0.133. The standard InChI is InChI=1S/C24H29F3N4O3/c25-11-21(29-24(33)23(26)27)22(32)17-3-1-16(2-4-17)18-5-6-19(28-12-18)13-30-14-20(15-30)31-7-9-34-10-8-31/h1-6,12,20-23,32H,7-11,13-15H2,(H,29,33). The van der Waals surface area contributed by atoms with Crippen LogP contribution in [0.1, 0.15) is 17.4 Å². The number of aliphatic hydroxyl groups excluding tert-OH is 1. The van der Waals surface area contributed by atoms with Gasteiger partial charge in [0.15, 0.2) is 0 Å². The van der Waals surface area contributed by atoms with Crippen LogP contribution in [0.25, 0.3) is 11.1 Å². The van der Waals surface area contributed by atoms with Gasteiger partial charge in [0.2, 0.25) is 0 Å². The van der Waals surface area contributed by atoms with Crippen LogP contribution in [-0.4, -0.2) is 90.4 Å². The zero-order valence-electron chi connectivity index (χ0n) is 18.7. The van der Waals surface area contributed by atoms with Crippen LogP contribution in [-0.2, 0) is 16.1 Å². The van der Waals surface area contributed by atoms with Gasteiger partial charge in [0.1, 0.15) is 12.8 Å². The van der Waals surface area contributed by atoms with Crippen molar-refractivity contribution < 1.29 is 27.8 Å². The van der Waals surface area contributed by atoms with Crippen LogP contribution in [0.2, 0.25) is 0 Å². The van der Waals surface area contributed by atoms with Gasteiger partial charge in [0, 0.05) is 50.5 Å². The molecule has 4 rings (SSSR count). The summed E-state index contributed by atoms with van der Waals surface area (Å²) in [6, 6.07) is 9.74. The van der Waals surface area contributed by atoms with E-state index in [1.54, 1.807) is 30.5 Å². The molecule has 0 aliphatic carbocycles. The number of likely N-dealkylation sites (tertiary alicyclic amines) is 1. The second-order valence-electron chi connectivity index (χ2n) is 8.67. The van der Waals surface area contributed by atoms with E-state index in [4.69, 9.17) is 4.74 Å². The average Bonchev–Trinajstić information content (AvgIpc) is 2.85. The number of carbonyl (C=O) groups excluding carboxylic acids is 1. The number of pyridine rings is 1.